The second-order valence-electron chi connectivity index (χ2n) is 5.18. The van der Waals surface area contributed by atoms with Crippen molar-refractivity contribution in [1.82, 2.24) is 15.0 Å². The molecule has 0 bridgehead atoms. The van der Waals surface area contributed by atoms with Crippen LogP contribution in [0.5, 0.6) is 0 Å². The first-order valence-corrected chi connectivity index (χ1v) is 8.86. The van der Waals surface area contributed by atoms with Gasteiger partial charge in [-0.05, 0) is 31.7 Å². The Morgan fingerprint density at radius 1 is 1.43 bits per heavy atom. The van der Waals surface area contributed by atoms with E-state index in [1.165, 1.54) is 0 Å². The molecule has 124 valence electrons. The molecule has 2 rings (SSSR count). The fourth-order valence-corrected chi connectivity index (χ4v) is 3.10. The van der Waals surface area contributed by atoms with E-state index in [2.05, 4.69) is 40.8 Å². The van der Waals surface area contributed by atoms with E-state index in [4.69, 9.17) is 16.1 Å². The van der Waals surface area contributed by atoms with Gasteiger partial charge in [-0.15, -0.1) is 0 Å². The van der Waals surface area contributed by atoms with Gasteiger partial charge in [0.2, 0.25) is 11.7 Å². The topological polar surface area (TPSA) is 54.5 Å². The van der Waals surface area contributed by atoms with Crippen LogP contribution in [-0.2, 0) is 6.54 Å². The molecule has 5 nitrogen and oxygen atoms in total. The highest BCUT2D eigenvalue weighted by Gasteiger charge is 2.19. The summed E-state index contributed by atoms with van der Waals surface area (Å²) in [7, 11) is 1.80. The van der Waals surface area contributed by atoms with Crippen molar-refractivity contribution in [3.8, 4) is 11.4 Å². The molecule has 1 heterocycles. The van der Waals surface area contributed by atoms with E-state index >= 15 is 0 Å². The van der Waals surface area contributed by atoms with Gasteiger partial charge in [0, 0.05) is 23.7 Å². The first kappa shape index (κ1) is 17.8. The van der Waals surface area contributed by atoms with Gasteiger partial charge in [-0.1, -0.05) is 47.6 Å². The maximum atomic E-state index is 6.01. The number of hydrogen-bond donors (Lipinski definition) is 0. The number of aromatic nitrogens is 2. The quantitative estimate of drug-likeness (QED) is 0.591. The smallest absolute Gasteiger partial charge is 0.246 e. The molecule has 7 heteroatoms. The van der Waals surface area contributed by atoms with Gasteiger partial charge in [-0.25, -0.2) is 0 Å². The molecule has 0 radical (unpaired) electrons. The minimum Gasteiger partial charge on any atom is -0.340 e. The van der Waals surface area contributed by atoms with Gasteiger partial charge in [-0.2, -0.15) is 4.98 Å². The van der Waals surface area contributed by atoms with E-state index in [-0.39, 0.29) is 6.04 Å². The summed E-state index contributed by atoms with van der Waals surface area (Å²) in [5.41, 5.74) is 0.843. The predicted molar refractivity (Wildman–Crippen MR) is 96.9 cm³/mol. The molecule has 0 spiro atoms. The number of amidine groups is 1. The molecule has 0 fully saturated rings. The highest BCUT2D eigenvalue weighted by Crippen LogP contribution is 2.21. The molecule has 1 aromatic carbocycles. The Bertz CT molecular complexity index is 672. The largest absolute Gasteiger partial charge is 0.340 e. The summed E-state index contributed by atoms with van der Waals surface area (Å²) in [6.45, 7) is 6.88. The first-order valence-electron chi connectivity index (χ1n) is 7.49. The normalized spacial score (nSPS) is 12.0. The van der Waals surface area contributed by atoms with Crippen molar-refractivity contribution in [3.05, 3.63) is 35.2 Å². The predicted octanol–water partition coefficient (Wildman–Crippen LogP) is 4.34. The zero-order valence-corrected chi connectivity index (χ0v) is 15.4. The third-order valence-electron chi connectivity index (χ3n) is 3.19. The SMILES string of the molecule is CCS/C(=N\C)N(Cc1nc(-c2cccc(Cl)c2)no1)C(C)C. The molecule has 0 atom stereocenters. The van der Waals surface area contributed by atoms with Crippen molar-refractivity contribution in [2.75, 3.05) is 12.8 Å². The fraction of sp³-hybridized carbons (Fsp3) is 0.438. The van der Waals surface area contributed by atoms with Crippen LogP contribution < -0.4 is 0 Å². The number of aliphatic imine (C=N–C) groups is 1. The summed E-state index contributed by atoms with van der Waals surface area (Å²) >= 11 is 7.72. The molecule has 0 aliphatic heterocycles. The number of benzene rings is 1. The standard InChI is InChI=1S/C16H21ClN4OS/c1-5-23-16(18-4)21(11(2)3)10-14-19-15(20-22-14)12-7-6-8-13(17)9-12/h6-9,11H,5,10H2,1-4H3/b18-16-. The van der Waals surface area contributed by atoms with E-state index in [1.807, 2.05) is 24.3 Å². The lowest BCUT2D eigenvalue weighted by atomic mass is 10.2. The van der Waals surface area contributed by atoms with Crippen LogP contribution in [0.2, 0.25) is 5.02 Å². The molecule has 0 saturated heterocycles. The van der Waals surface area contributed by atoms with Crippen LogP contribution >= 0.6 is 23.4 Å². The summed E-state index contributed by atoms with van der Waals surface area (Å²) in [6, 6.07) is 7.70. The van der Waals surface area contributed by atoms with Gasteiger partial charge in [0.1, 0.15) is 0 Å². The summed E-state index contributed by atoms with van der Waals surface area (Å²) in [5.74, 6) is 2.07. The van der Waals surface area contributed by atoms with Crippen molar-refractivity contribution < 1.29 is 4.52 Å². The number of hydrogen-bond acceptors (Lipinski definition) is 5. The number of thioether (sulfide) groups is 1. The van der Waals surface area contributed by atoms with Crippen molar-refractivity contribution in [1.29, 1.82) is 0 Å². The fourth-order valence-electron chi connectivity index (χ4n) is 2.09. The Balaban J connectivity index is 2.19. The van der Waals surface area contributed by atoms with Gasteiger partial charge in [0.15, 0.2) is 5.17 Å². The van der Waals surface area contributed by atoms with Crippen LogP contribution in [0.1, 0.15) is 26.7 Å². The minimum atomic E-state index is 0.286. The van der Waals surface area contributed by atoms with Crippen LogP contribution in [0.15, 0.2) is 33.8 Å². The van der Waals surface area contributed by atoms with Crippen molar-refractivity contribution in [3.63, 3.8) is 0 Å². The molecule has 0 unspecified atom stereocenters. The van der Waals surface area contributed by atoms with E-state index < -0.39 is 0 Å². The summed E-state index contributed by atoms with van der Waals surface area (Å²) < 4.78 is 5.40. The van der Waals surface area contributed by atoms with E-state index in [1.54, 1.807) is 18.8 Å². The maximum absolute atomic E-state index is 6.01. The lowest BCUT2D eigenvalue weighted by Crippen LogP contribution is -2.35. The average molecular weight is 353 g/mol. The first-order chi connectivity index (χ1) is 11.0. The summed E-state index contributed by atoms with van der Waals surface area (Å²) in [5, 5.41) is 5.68. The Morgan fingerprint density at radius 3 is 2.83 bits per heavy atom. The van der Waals surface area contributed by atoms with E-state index in [0.717, 1.165) is 16.5 Å². The third kappa shape index (κ3) is 4.72. The van der Waals surface area contributed by atoms with Crippen molar-refractivity contribution in [2.24, 2.45) is 4.99 Å². The van der Waals surface area contributed by atoms with Crippen molar-refractivity contribution in [2.45, 2.75) is 33.4 Å². The van der Waals surface area contributed by atoms with Gasteiger partial charge in [-0.3, -0.25) is 4.99 Å². The second kappa shape index (κ2) is 8.36. The monoisotopic (exact) mass is 352 g/mol. The van der Waals surface area contributed by atoms with Gasteiger partial charge in [0.05, 0.1) is 6.54 Å². The van der Waals surface area contributed by atoms with Gasteiger partial charge >= 0.3 is 0 Å². The molecule has 1 aromatic heterocycles. The molecule has 0 N–H and O–H groups in total. The average Bonchev–Trinajstić information content (AvgIpc) is 2.99. The van der Waals surface area contributed by atoms with E-state index in [0.29, 0.717) is 23.3 Å². The zero-order valence-electron chi connectivity index (χ0n) is 13.8. The summed E-state index contributed by atoms with van der Waals surface area (Å²) in [6.07, 6.45) is 0. The molecule has 0 aliphatic rings. The molecular formula is C16H21ClN4OS. The Hall–Kier alpha value is -1.53. The lowest BCUT2D eigenvalue weighted by Gasteiger charge is -2.27. The second-order valence-corrected chi connectivity index (χ2v) is 6.85. The Labute approximate surface area is 146 Å². The van der Waals surface area contributed by atoms with Crippen LogP contribution in [0, 0.1) is 0 Å². The van der Waals surface area contributed by atoms with Crippen LogP contribution in [-0.4, -0.2) is 39.1 Å². The number of nitrogens with zero attached hydrogens (tertiary/aromatic N) is 4. The third-order valence-corrected chi connectivity index (χ3v) is 4.39. The van der Waals surface area contributed by atoms with Gasteiger partial charge in [0.25, 0.3) is 0 Å². The minimum absolute atomic E-state index is 0.286. The van der Waals surface area contributed by atoms with Gasteiger partial charge < -0.3 is 9.42 Å². The molecule has 0 saturated carbocycles. The molecule has 23 heavy (non-hydrogen) atoms. The molecular weight excluding hydrogens is 332 g/mol. The zero-order chi connectivity index (χ0) is 16.8. The Kier molecular flexibility index (Phi) is 6.47. The number of halogens is 1. The number of rotatable bonds is 5. The molecule has 0 aliphatic carbocycles. The van der Waals surface area contributed by atoms with Crippen LogP contribution in [0.4, 0.5) is 0 Å². The molecule has 2 aromatic rings. The Morgan fingerprint density at radius 2 is 2.22 bits per heavy atom. The highest BCUT2D eigenvalue weighted by atomic mass is 35.5. The van der Waals surface area contributed by atoms with Crippen LogP contribution in [0.3, 0.4) is 0 Å². The lowest BCUT2D eigenvalue weighted by molar-refractivity contribution is 0.283. The van der Waals surface area contributed by atoms with Crippen molar-refractivity contribution >= 4 is 28.5 Å². The molecule has 0 amide bonds. The maximum Gasteiger partial charge on any atom is 0.246 e. The highest BCUT2D eigenvalue weighted by molar-refractivity contribution is 8.13. The van der Waals surface area contributed by atoms with E-state index in [9.17, 15) is 0 Å². The van der Waals surface area contributed by atoms with Crippen LogP contribution in [0.25, 0.3) is 11.4 Å². The summed E-state index contributed by atoms with van der Waals surface area (Å²) in [4.78, 5) is 11.0.